The van der Waals surface area contributed by atoms with Crippen LogP contribution < -0.4 is 4.74 Å². The number of ether oxygens (including phenoxy) is 1. The Bertz CT molecular complexity index is 733. The summed E-state index contributed by atoms with van der Waals surface area (Å²) in [7, 11) is 0. The Kier molecular flexibility index (Phi) is 4.92. The van der Waals surface area contributed by atoms with E-state index in [9.17, 15) is 23.1 Å². The van der Waals surface area contributed by atoms with Crippen molar-refractivity contribution in [3.8, 4) is 5.75 Å². The molecule has 9 heteroatoms. The van der Waals surface area contributed by atoms with Crippen LogP contribution in [0.1, 0.15) is 31.2 Å². The Morgan fingerprint density at radius 2 is 2.15 bits per heavy atom. The molecule has 0 spiro atoms. The van der Waals surface area contributed by atoms with E-state index in [0.29, 0.717) is 24.3 Å². The van der Waals surface area contributed by atoms with E-state index in [-0.39, 0.29) is 22.9 Å². The fraction of sp³-hybridized carbons (Fsp3) is 0.529. The quantitative estimate of drug-likeness (QED) is 0.856. The number of carbonyl (C=O) groups is 1. The number of nitrogens with zero attached hydrogens (tertiary/aromatic N) is 2. The third-order valence-corrected chi connectivity index (χ3v) is 4.86. The predicted octanol–water partition coefficient (Wildman–Crippen LogP) is 3.67. The molecule has 26 heavy (non-hydrogen) atoms. The van der Waals surface area contributed by atoms with Gasteiger partial charge in [-0.15, -0.1) is 0 Å². The van der Waals surface area contributed by atoms with Crippen molar-refractivity contribution < 1.29 is 27.8 Å². The summed E-state index contributed by atoms with van der Waals surface area (Å²) in [5, 5.41) is 14.8. The number of halogens is 4. The lowest BCUT2D eigenvalue weighted by molar-refractivity contribution is -0.317. The van der Waals surface area contributed by atoms with Crippen LogP contribution in [-0.4, -0.2) is 40.2 Å². The molecule has 1 amide bonds. The highest BCUT2D eigenvalue weighted by molar-refractivity contribution is 6.30. The minimum atomic E-state index is -5.03. The highest BCUT2D eigenvalue weighted by Crippen LogP contribution is 2.48. The van der Waals surface area contributed by atoms with E-state index in [2.05, 4.69) is 5.10 Å². The van der Waals surface area contributed by atoms with E-state index in [1.54, 1.807) is 19.1 Å². The van der Waals surface area contributed by atoms with Crippen LogP contribution in [0.2, 0.25) is 5.02 Å². The normalized spacial score (nSPS) is 25.7. The Morgan fingerprint density at radius 3 is 2.81 bits per heavy atom. The number of alkyl halides is 3. The van der Waals surface area contributed by atoms with Crippen LogP contribution in [0.4, 0.5) is 13.2 Å². The van der Waals surface area contributed by atoms with Crippen molar-refractivity contribution in [3.63, 3.8) is 0 Å². The van der Waals surface area contributed by atoms with Gasteiger partial charge in [-0.3, -0.25) is 4.79 Å². The summed E-state index contributed by atoms with van der Waals surface area (Å²) in [5.41, 5.74) is -2.34. The summed E-state index contributed by atoms with van der Waals surface area (Å²) in [4.78, 5) is 12.4. The molecule has 2 aliphatic rings. The second kappa shape index (κ2) is 6.74. The number of carbonyl (C=O) groups excluding carboxylic acids is 1. The van der Waals surface area contributed by atoms with Crippen LogP contribution in [0.5, 0.6) is 5.75 Å². The van der Waals surface area contributed by atoms with Crippen molar-refractivity contribution in [2.75, 3.05) is 6.61 Å². The van der Waals surface area contributed by atoms with E-state index in [1.165, 1.54) is 6.07 Å². The summed E-state index contributed by atoms with van der Waals surface area (Å²) in [6, 6.07) is 4.73. The zero-order chi connectivity index (χ0) is 19.1. The molecule has 0 bridgehead atoms. The molecular weight excluding hydrogens is 373 g/mol. The zero-order valence-corrected chi connectivity index (χ0v) is 14.8. The minimum Gasteiger partial charge on any atom is -0.484 e. The van der Waals surface area contributed by atoms with Gasteiger partial charge in [-0.25, -0.2) is 0 Å². The number of hydrogen-bond acceptors (Lipinski definition) is 4. The van der Waals surface area contributed by atoms with Crippen LogP contribution in [-0.2, 0) is 4.79 Å². The third-order valence-electron chi connectivity index (χ3n) is 4.65. The predicted molar refractivity (Wildman–Crippen MR) is 88.9 cm³/mol. The number of hydrazone groups is 1. The topological polar surface area (TPSA) is 62.1 Å². The lowest BCUT2D eigenvalue weighted by atomic mass is 9.80. The third kappa shape index (κ3) is 3.27. The van der Waals surface area contributed by atoms with E-state index in [0.717, 1.165) is 5.56 Å². The first-order valence-electron chi connectivity index (χ1n) is 8.22. The Balaban J connectivity index is 1.81. The van der Waals surface area contributed by atoms with Gasteiger partial charge in [0, 0.05) is 10.7 Å². The van der Waals surface area contributed by atoms with Gasteiger partial charge in [-0.2, -0.15) is 23.3 Å². The van der Waals surface area contributed by atoms with Crippen LogP contribution in [0.25, 0.3) is 0 Å². The number of fused-ring (bicyclic) bond motifs is 1. The zero-order valence-electron chi connectivity index (χ0n) is 14.0. The summed E-state index contributed by atoms with van der Waals surface area (Å²) < 4.78 is 46.1. The number of rotatable bonds is 3. The highest BCUT2D eigenvalue weighted by Gasteiger charge is 2.68. The maximum Gasteiger partial charge on any atom is 0.439 e. The van der Waals surface area contributed by atoms with Gasteiger partial charge in [0.1, 0.15) is 5.75 Å². The molecule has 142 valence electrons. The van der Waals surface area contributed by atoms with Crippen LogP contribution in [0.3, 0.4) is 0 Å². The summed E-state index contributed by atoms with van der Waals surface area (Å²) in [6.07, 6.45) is -3.33. The fourth-order valence-electron chi connectivity index (χ4n) is 3.46. The minimum absolute atomic E-state index is 0.132. The van der Waals surface area contributed by atoms with Gasteiger partial charge >= 0.3 is 6.18 Å². The molecule has 1 saturated carbocycles. The first-order chi connectivity index (χ1) is 12.1. The van der Waals surface area contributed by atoms with Gasteiger partial charge in [-0.1, -0.05) is 18.0 Å². The number of aliphatic hydroxyl groups is 1. The van der Waals surface area contributed by atoms with Gasteiger partial charge in [0.05, 0.1) is 5.92 Å². The molecule has 0 radical (unpaired) electrons. The van der Waals surface area contributed by atoms with Gasteiger partial charge in [0.15, 0.2) is 6.61 Å². The number of hydrogen-bond donors (Lipinski definition) is 1. The summed E-state index contributed by atoms with van der Waals surface area (Å²) in [6.45, 7) is 1.07. The number of benzene rings is 1. The van der Waals surface area contributed by atoms with Gasteiger partial charge in [0.25, 0.3) is 11.6 Å². The fourth-order valence-corrected chi connectivity index (χ4v) is 3.74. The van der Waals surface area contributed by atoms with E-state index < -0.39 is 30.3 Å². The van der Waals surface area contributed by atoms with Gasteiger partial charge < -0.3 is 9.84 Å². The maximum absolute atomic E-state index is 13.6. The molecule has 1 aromatic carbocycles. The SMILES string of the molecule is Cc1cc(Cl)cc(OCC(=O)N2N=C3CCCC[C@@H]3[C@]2(O)C(F)(F)F)c1. The van der Waals surface area contributed by atoms with Crippen molar-refractivity contribution in [3.05, 3.63) is 28.8 Å². The molecule has 2 atom stereocenters. The molecule has 1 N–H and O–H groups in total. The highest BCUT2D eigenvalue weighted by atomic mass is 35.5. The molecule has 0 saturated heterocycles. The number of amides is 1. The summed E-state index contributed by atoms with van der Waals surface area (Å²) in [5.74, 6) is -2.04. The largest absolute Gasteiger partial charge is 0.484 e. The van der Waals surface area contributed by atoms with Crippen LogP contribution in [0, 0.1) is 12.8 Å². The Hall–Kier alpha value is -1.80. The van der Waals surface area contributed by atoms with Crippen LogP contribution >= 0.6 is 11.6 Å². The molecule has 1 aliphatic heterocycles. The molecule has 0 unspecified atom stereocenters. The van der Waals surface area contributed by atoms with E-state index in [4.69, 9.17) is 16.3 Å². The van der Waals surface area contributed by atoms with Crippen molar-refractivity contribution >= 4 is 23.2 Å². The average molecular weight is 391 g/mol. The second-order valence-electron chi connectivity index (χ2n) is 6.57. The molecule has 5 nitrogen and oxygen atoms in total. The maximum atomic E-state index is 13.6. The van der Waals surface area contributed by atoms with Crippen molar-refractivity contribution in [2.24, 2.45) is 11.0 Å². The first-order valence-corrected chi connectivity index (χ1v) is 8.60. The van der Waals surface area contributed by atoms with Crippen molar-refractivity contribution in [1.29, 1.82) is 0 Å². The number of aryl methyl sites for hydroxylation is 1. The standard InChI is InChI=1S/C17H18ClF3N2O3/c1-10-6-11(18)8-12(7-10)26-9-15(24)23-16(25,17(19,20)21)13-4-2-3-5-14(13)22-23/h6-8,13,25H,2-5,9H2,1H3/t13-,16-/m0/s1. The van der Waals surface area contributed by atoms with E-state index >= 15 is 0 Å². The molecule has 1 fully saturated rings. The molecule has 1 aromatic rings. The molecule has 0 aromatic heterocycles. The van der Waals surface area contributed by atoms with Gasteiger partial charge in [0.2, 0.25) is 0 Å². The lowest BCUT2D eigenvalue weighted by Crippen LogP contribution is -2.62. The Morgan fingerprint density at radius 1 is 1.42 bits per heavy atom. The van der Waals surface area contributed by atoms with Crippen molar-refractivity contribution in [1.82, 2.24) is 5.01 Å². The monoisotopic (exact) mass is 390 g/mol. The van der Waals surface area contributed by atoms with E-state index in [1.807, 2.05) is 0 Å². The molecule has 1 aliphatic carbocycles. The first kappa shape index (κ1) is 19.0. The van der Waals surface area contributed by atoms with Crippen LogP contribution in [0.15, 0.2) is 23.3 Å². The Labute approximate surface area is 153 Å². The smallest absolute Gasteiger partial charge is 0.439 e. The van der Waals surface area contributed by atoms with Gasteiger partial charge in [-0.05, 0) is 49.9 Å². The average Bonchev–Trinajstić information content (AvgIpc) is 2.86. The molecular formula is C17H18ClF3N2O3. The molecule has 1 heterocycles. The summed E-state index contributed by atoms with van der Waals surface area (Å²) >= 11 is 5.89. The second-order valence-corrected chi connectivity index (χ2v) is 7.01. The van der Waals surface area contributed by atoms with Crippen molar-refractivity contribution in [2.45, 2.75) is 44.5 Å². The molecule has 3 rings (SSSR count). The lowest BCUT2D eigenvalue weighted by Gasteiger charge is -2.38.